The lowest BCUT2D eigenvalue weighted by Gasteiger charge is -2.32. The molecule has 1 fully saturated rings. The van der Waals surface area contributed by atoms with E-state index in [2.05, 4.69) is 0 Å². The fourth-order valence-corrected chi connectivity index (χ4v) is 2.59. The van der Waals surface area contributed by atoms with Gasteiger partial charge in [0.15, 0.2) is 18.1 Å². The number of morpholine rings is 1. The van der Waals surface area contributed by atoms with Crippen molar-refractivity contribution in [1.82, 2.24) is 4.90 Å². The maximum Gasteiger partial charge on any atom is 0.306 e. The molecule has 136 valence electrons. The highest BCUT2D eigenvalue weighted by Gasteiger charge is 2.26. The molecule has 1 aromatic carbocycles. The molecule has 7 nitrogen and oxygen atoms in total. The van der Waals surface area contributed by atoms with Crippen molar-refractivity contribution in [1.29, 1.82) is 0 Å². The van der Waals surface area contributed by atoms with Crippen molar-refractivity contribution < 1.29 is 28.9 Å². The van der Waals surface area contributed by atoms with Crippen molar-refractivity contribution in [3.05, 3.63) is 29.8 Å². The number of aliphatic carboxylic acids is 1. The fraction of sp³-hybridized carbons (Fsp3) is 0.444. The first-order valence-corrected chi connectivity index (χ1v) is 8.08. The number of amides is 1. The van der Waals surface area contributed by atoms with Crippen LogP contribution in [0.5, 0.6) is 11.5 Å². The number of benzene rings is 1. The third-order valence-corrected chi connectivity index (χ3v) is 3.79. The largest absolute Gasteiger partial charge is 0.493 e. The summed E-state index contributed by atoms with van der Waals surface area (Å²) in [6.45, 7) is 2.79. The number of methoxy groups -OCH3 is 1. The van der Waals surface area contributed by atoms with Gasteiger partial charge in [-0.2, -0.15) is 0 Å². The van der Waals surface area contributed by atoms with Gasteiger partial charge in [-0.05, 0) is 24.6 Å². The number of carbonyl (C=O) groups is 2. The molecule has 25 heavy (non-hydrogen) atoms. The van der Waals surface area contributed by atoms with E-state index < -0.39 is 12.1 Å². The van der Waals surface area contributed by atoms with Crippen molar-refractivity contribution in [2.75, 3.05) is 33.4 Å². The van der Waals surface area contributed by atoms with Crippen LogP contribution in [0.2, 0.25) is 0 Å². The molecule has 0 saturated carbocycles. The molecule has 0 radical (unpaired) electrons. The Morgan fingerprint density at radius 2 is 2.20 bits per heavy atom. The standard InChI is InChI=1S/C18H23NO6/c1-3-4-13-5-6-15(16(9-13)23-2)25-12-17(20)19-7-8-24-14(11-19)10-18(21)22/h3-6,9,14H,7-8,10-12H2,1-2H3,(H,21,22)/b4-3+. The Kier molecular flexibility index (Phi) is 6.82. The number of carboxylic acid groups (broad SMARTS) is 1. The van der Waals surface area contributed by atoms with Gasteiger partial charge in [-0.15, -0.1) is 0 Å². The summed E-state index contributed by atoms with van der Waals surface area (Å²) >= 11 is 0. The number of hydrogen-bond acceptors (Lipinski definition) is 5. The van der Waals surface area contributed by atoms with E-state index in [-0.39, 0.29) is 25.5 Å². The first kappa shape index (κ1) is 18.8. The van der Waals surface area contributed by atoms with Gasteiger partial charge >= 0.3 is 5.97 Å². The summed E-state index contributed by atoms with van der Waals surface area (Å²) < 4.78 is 16.3. The molecule has 1 atom stereocenters. The van der Waals surface area contributed by atoms with Gasteiger partial charge in [-0.1, -0.05) is 18.2 Å². The molecule has 0 spiro atoms. The number of carboxylic acids is 1. The van der Waals surface area contributed by atoms with E-state index in [9.17, 15) is 9.59 Å². The van der Waals surface area contributed by atoms with Gasteiger partial charge in [0.05, 0.1) is 26.2 Å². The summed E-state index contributed by atoms with van der Waals surface area (Å²) in [5, 5.41) is 8.83. The average molecular weight is 349 g/mol. The molecule has 2 rings (SSSR count). The van der Waals surface area contributed by atoms with Crippen molar-refractivity contribution >= 4 is 18.0 Å². The van der Waals surface area contributed by atoms with Crippen LogP contribution in [0.15, 0.2) is 24.3 Å². The molecular weight excluding hydrogens is 326 g/mol. The lowest BCUT2D eigenvalue weighted by Crippen LogP contribution is -2.47. The monoisotopic (exact) mass is 349 g/mol. The molecule has 7 heteroatoms. The molecule has 0 aromatic heterocycles. The van der Waals surface area contributed by atoms with Gasteiger partial charge in [-0.3, -0.25) is 9.59 Å². The van der Waals surface area contributed by atoms with Gasteiger partial charge < -0.3 is 24.2 Å². The minimum Gasteiger partial charge on any atom is -0.493 e. The predicted molar refractivity (Wildman–Crippen MR) is 91.8 cm³/mol. The number of hydrogen-bond donors (Lipinski definition) is 1. The minimum absolute atomic E-state index is 0.120. The van der Waals surface area contributed by atoms with Crippen LogP contribution in [0.4, 0.5) is 0 Å². The second-order valence-electron chi connectivity index (χ2n) is 5.63. The Bertz CT molecular complexity index is 642. The third kappa shape index (κ3) is 5.49. The smallest absolute Gasteiger partial charge is 0.306 e. The molecule has 1 aromatic rings. The molecule has 1 N–H and O–H groups in total. The summed E-state index contributed by atoms with van der Waals surface area (Å²) in [6, 6.07) is 5.46. The Labute approximate surface area is 146 Å². The van der Waals surface area contributed by atoms with Crippen LogP contribution in [0.1, 0.15) is 18.9 Å². The van der Waals surface area contributed by atoms with E-state index in [1.165, 1.54) is 0 Å². The zero-order valence-corrected chi connectivity index (χ0v) is 14.4. The fourth-order valence-electron chi connectivity index (χ4n) is 2.59. The van der Waals surface area contributed by atoms with Crippen LogP contribution in [0.25, 0.3) is 6.08 Å². The van der Waals surface area contributed by atoms with Crippen LogP contribution < -0.4 is 9.47 Å². The van der Waals surface area contributed by atoms with Crippen LogP contribution in [-0.4, -0.2) is 61.4 Å². The van der Waals surface area contributed by atoms with Gasteiger partial charge in [0.25, 0.3) is 5.91 Å². The molecular formula is C18H23NO6. The molecule has 1 aliphatic heterocycles. The minimum atomic E-state index is -0.943. The van der Waals surface area contributed by atoms with Gasteiger partial charge in [0.2, 0.25) is 0 Å². The Hall–Kier alpha value is -2.54. The first-order valence-electron chi connectivity index (χ1n) is 8.08. The number of nitrogens with zero attached hydrogens (tertiary/aromatic N) is 1. The summed E-state index contributed by atoms with van der Waals surface area (Å²) in [4.78, 5) is 24.7. The number of ether oxygens (including phenoxy) is 3. The number of rotatable bonds is 7. The highest BCUT2D eigenvalue weighted by atomic mass is 16.5. The highest BCUT2D eigenvalue weighted by molar-refractivity contribution is 5.78. The lowest BCUT2D eigenvalue weighted by atomic mass is 10.2. The summed E-state index contributed by atoms with van der Waals surface area (Å²) in [6.07, 6.45) is 3.26. The molecule has 0 aliphatic carbocycles. The first-order chi connectivity index (χ1) is 12.0. The van der Waals surface area contributed by atoms with E-state index in [4.69, 9.17) is 19.3 Å². The molecule has 1 aliphatic rings. The molecule has 0 bridgehead atoms. The second kappa shape index (κ2) is 9.08. The summed E-state index contributed by atoms with van der Waals surface area (Å²) in [5.41, 5.74) is 0.975. The van der Waals surface area contributed by atoms with Crippen LogP contribution in [0, 0.1) is 0 Å². The van der Waals surface area contributed by atoms with E-state index in [1.54, 1.807) is 18.1 Å². The third-order valence-electron chi connectivity index (χ3n) is 3.79. The zero-order valence-electron chi connectivity index (χ0n) is 14.4. The topological polar surface area (TPSA) is 85.3 Å². The maximum absolute atomic E-state index is 12.3. The van der Waals surface area contributed by atoms with E-state index in [1.807, 2.05) is 31.2 Å². The molecule has 1 unspecified atom stereocenters. The van der Waals surface area contributed by atoms with E-state index in [0.717, 1.165) is 5.56 Å². The Morgan fingerprint density at radius 1 is 1.40 bits per heavy atom. The van der Waals surface area contributed by atoms with Crippen molar-refractivity contribution in [3.8, 4) is 11.5 Å². The average Bonchev–Trinajstić information content (AvgIpc) is 2.60. The van der Waals surface area contributed by atoms with Crippen molar-refractivity contribution in [2.24, 2.45) is 0 Å². The molecule has 1 heterocycles. The van der Waals surface area contributed by atoms with Gasteiger partial charge in [0, 0.05) is 13.1 Å². The van der Waals surface area contributed by atoms with Crippen molar-refractivity contribution in [2.45, 2.75) is 19.4 Å². The Morgan fingerprint density at radius 3 is 2.88 bits per heavy atom. The normalized spacial score (nSPS) is 17.5. The molecule has 1 amide bonds. The second-order valence-corrected chi connectivity index (χ2v) is 5.63. The summed E-state index contributed by atoms with van der Waals surface area (Å²) in [5.74, 6) is -0.117. The number of allylic oxidation sites excluding steroid dienone is 1. The maximum atomic E-state index is 12.3. The van der Waals surface area contributed by atoms with E-state index >= 15 is 0 Å². The SMILES string of the molecule is C/C=C/c1ccc(OCC(=O)N2CCOC(CC(=O)O)C2)c(OC)c1. The number of carbonyl (C=O) groups excluding carboxylic acids is 1. The zero-order chi connectivity index (χ0) is 18.2. The van der Waals surface area contributed by atoms with E-state index in [0.29, 0.717) is 24.7 Å². The summed E-state index contributed by atoms with van der Waals surface area (Å²) in [7, 11) is 1.54. The van der Waals surface area contributed by atoms with Crippen LogP contribution in [0.3, 0.4) is 0 Å². The Balaban J connectivity index is 1.94. The predicted octanol–water partition coefficient (Wildman–Crippen LogP) is 1.81. The van der Waals surface area contributed by atoms with Crippen LogP contribution >= 0.6 is 0 Å². The van der Waals surface area contributed by atoms with Crippen LogP contribution in [-0.2, 0) is 14.3 Å². The van der Waals surface area contributed by atoms with Crippen molar-refractivity contribution in [3.63, 3.8) is 0 Å². The highest BCUT2D eigenvalue weighted by Crippen LogP contribution is 2.28. The van der Waals surface area contributed by atoms with Gasteiger partial charge in [-0.25, -0.2) is 0 Å². The lowest BCUT2D eigenvalue weighted by molar-refractivity contribution is -0.148. The quantitative estimate of drug-likeness (QED) is 0.808. The van der Waals surface area contributed by atoms with Gasteiger partial charge in [0.1, 0.15) is 0 Å². The molecule has 1 saturated heterocycles.